The molecule has 4 rings (SSSR count). The van der Waals surface area contributed by atoms with Crippen molar-refractivity contribution >= 4 is 28.2 Å². The summed E-state index contributed by atoms with van der Waals surface area (Å²) in [6.07, 6.45) is 3.57. The molecule has 0 saturated carbocycles. The predicted octanol–water partition coefficient (Wildman–Crippen LogP) is 4.87. The molecule has 5 nitrogen and oxygen atoms in total. The summed E-state index contributed by atoms with van der Waals surface area (Å²) in [6, 6.07) is 22.1. The Morgan fingerprint density at radius 3 is 2.66 bits per heavy atom. The molecule has 32 heavy (non-hydrogen) atoms. The number of fused-ring (bicyclic) bond motifs is 1. The van der Waals surface area contributed by atoms with Crippen molar-refractivity contribution < 1.29 is 0 Å². The highest BCUT2D eigenvalue weighted by Gasteiger charge is 2.16. The summed E-state index contributed by atoms with van der Waals surface area (Å²) in [6.45, 7) is 5.03. The molecule has 0 unspecified atom stereocenters. The van der Waals surface area contributed by atoms with Crippen LogP contribution in [0, 0.1) is 6.92 Å². The Morgan fingerprint density at radius 1 is 1.09 bits per heavy atom. The topological polar surface area (TPSA) is 61.0 Å². The first kappa shape index (κ1) is 21.7. The number of rotatable bonds is 6. The van der Waals surface area contributed by atoms with Gasteiger partial charge in [0.05, 0.1) is 12.6 Å². The second kappa shape index (κ2) is 9.75. The molecule has 0 radical (unpaired) electrons. The lowest BCUT2D eigenvalue weighted by atomic mass is 10.1. The normalized spacial score (nSPS) is 11.8. The zero-order valence-electron chi connectivity index (χ0n) is 18.2. The Kier molecular flexibility index (Phi) is 6.61. The highest BCUT2D eigenvalue weighted by Crippen LogP contribution is 2.17. The Balaban J connectivity index is 1.61. The molecule has 0 fully saturated rings. The van der Waals surface area contributed by atoms with Gasteiger partial charge in [-0.05, 0) is 66.3 Å². The minimum atomic E-state index is -0.0989. The first-order chi connectivity index (χ1) is 15.5. The lowest BCUT2D eigenvalue weighted by molar-refractivity contribution is 0.391. The number of hydrogen-bond donors (Lipinski definition) is 2. The maximum absolute atomic E-state index is 12.8. The van der Waals surface area contributed by atoms with E-state index in [9.17, 15) is 4.79 Å². The molecular weight excluding hydrogens is 416 g/mol. The van der Waals surface area contributed by atoms with Crippen LogP contribution in [0.1, 0.15) is 35.2 Å². The third-order valence-corrected chi connectivity index (χ3v) is 5.84. The van der Waals surface area contributed by atoms with Gasteiger partial charge in [0.25, 0.3) is 5.56 Å². The number of pyridine rings is 2. The van der Waals surface area contributed by atoms with Gasteiger partial charge in [-0.2, -0.15) is 0 Å². The highest BCUT2D eigenvalue weighted by atomic mass is 32.1. The molecule has 0 bridgehead atoms. The standard InChI is InChI=1S/C26H26N4OS/c1-18-10-11-22-14-23(25(31)29-24(22)13-18)17-30(16-20-7-6-12-27-15-20)26(32)28-19(2)21-8-4-3-5-9-21/h3-15,19H,16-17H2,1-2H3,(H,28,32)(H,29,31)/t19-/m0/s1. The Hall–Kier alpha value is -3.51. The predicted molar refractivity (Wildman–Crippen MR) is 133 cm³/mol. The summed E-state index contributed by atoms with van der Waals surface area (Å²) in [4.78, 5) is 22.1. The van der Waals surface area contributed by atoms with Crippen LogP contribution in [0.15, 0.2) is 83.9 Å². The average molecular weight is 443 g/mol. The number of aryl methyl sites for hydroxylation is 1. The number of aromatic amines is 1. The fraction of sp³-hybridized carbons (Fsp3) is 0.192. The molecule has 2 aromatic carbocycles. The number of thiocarbonyl (C=S) groups is 1. The van der Waals surface area contributed by atoms with E-state index in [-0.39, 0.29) is 11.6 Å². The van der Waals surface area contributed by atoms with Gasteiger partial charge in [0.15, 0.2) is 5.11 Å². The molecule has 1 atom stereocenters. The van der Waals surface area contributed by atoms with Crippen molar-refractivity contribution in [2.24, 2.45) is 0 Å². The summed E-state index contributed by atoms with van der Waals surface area (Å²) in [5.41, 5.74) is 4.70. The fourth-order valence-electron chi connectivity index (χ4n) is 3.70. The van der Waals surface area contributed by atoms with Crippen molar-refractivity contribution in [3.8, 4) is 0 Å². The molecule has 0 amide bonds. The van der Waals surface area contributed by atoms with Crippen molar-refractivity contribution in [2.75, 3.05) is 0 Å². The molecule has 0 saturated heterocycles. The third kappa shape index (κ3) is 5.21. The minimum absolute atomic E-state index is 0.0398. The smallest absolute Gasteiger partial charge is 0.253 e. The van der Waals surface area contributed by atoms with E-state index in [1.165, 1.54) is 0 Å². The molecule has 0 aliphatic heterocycles. The van der Waals surface area contributed by atoms with Crippen molar-refractivity contribution in [3.05, 3.63) is 112 Å². The lowest BCUT2D eigenvalue weighted by Crippen LogP contribution is -2.41. The van der Waals surface area contributed by atoms with Gasteiger partial charge < -0.3 is 15.2 Å². The number of nitrogens with one attached hydrogen (secondary N) is 2. The molecule has 162 valence electrons. The van der Waals surface area contributed by atoms with Crippen LogP contribution in [0.5, 0.6) is 0 Å². The van der Waals surface area contributed by atoms with Crippen LogP contribution in [0.25, 0.3) is 10.9 Å². The van der Waals surface area contributed by atoms with E-state index < -0.39 is 0 Å². The average Bonchev–Trinajstić information content (AvgIpc) is 2.80. The Morgan fingerprint density at radius 2 is 1.91 bits per heavy atom. The molecule has 4 aromatic rings. The van der Waals surface area contributed by atoms with E-state index in [0.29, 0.717) is 23.8 Å². The monoisotopic (exact) mass is 442 g/mol. The molecule has 6 heteroatoms. The van der Waals surface area contributed by atoms with Crippen LogP contribution < -0.4 is 10.9 Å². The van der Waals surface area contributed by atoms with Crippen LogP contribution in [-0.2, 0) is 13.1 Å². The largest absolute Gasteiger partial charge is 0.356 e. The lowest BCUT2D eigenvalue weighted by Gasteiger charge is -2.28. The van der Waals surface area contributed by atoms with E-state index in [1.54, 1.807) is 6.20 Å². The van der Waals surface area contributed by atoms with Crippen molar-refractivity contribution in [1.29, 1.82) is 0 Å². The number of H-pyrrole nitrogens is 1. The van der Waals surface area contributed by atoms with Crippen LogP contribution in [-0.4, -0.2) is 20.0 Å². The quantitative estimate of drug-likeness (QED) is 0.417. The molecule has 2 N–H and O–H groups in total. The minimum Gasteiger partial charge on any atom is -0.356 e. The van der Waals surface area contributed by atoms with Crippen LogP contribution in [0.2, 0.25) is 0 Å². The third-order valence-electron chi connectivity index (χ3n) is 5.46. The summed E-state index contributed by atoms with van der Waals surface area (Å²) < 4.78 is 0. The van der Waals surface area contributed by atoms with E-state index >= 15 is 0 Å². The number of nitrogens with zero attached hydrogens (tertiary/aromatic N) is 2. The van der Waals surface area contributed by atoms with Crippen molar-refractivity contribution in [1.82, 2.24) is 20.2 Å². The van der Waals surface area contributed by atoms with Gasteiger partial charge in [0.1, 0.15) is 0 Å². The van der Waals surface area contributed by atoms with Gasteiger partial charge in [0.2, 0.25) is 0 Å². The van der Waals surface area contributed by atoms with Gasteiger partial charge >= 0.3 is 0 Å². The summed E-state index contributed by atoms with van der Waals surface area (Å²) >= 11 is 5.79. The molecule has 2 heterocycles. The maximum atomic E-state index is 12.8. The zero-order valence-corrected chi connectivity index (χ0v) is 19.0. The van der Waals surface area contributed by atoms with Gasteiger partial charge in [-0.25, -0.2) is 0 Å². The van der Waals surface area contributed by atoms with E-state index in [4.69, 9.17) is 12.2 Å². The van der Waals surface area contributed by atoms with Gasteiger partial charge in [-0.15, -0.1) is 0 Å². The second-order valence-corrected chi connectivity index (χ2v) is 8.40. The summed E-state index contributed by atoms with van der Waals surface area (Å²) in [7, 11) is 0. The first-order valence-electron chi connectivity index (χ1n) is 10.6. The van der Waals surface area contributed by atoms with Gasteiger partial charge in [-0.1, -0.05) is 48.5 Å². The SMILES string of the molecule is Cc1ccc2cc(CN(Cc3cccnc3)C(=S)N[C@@H](C)c3ccccc3)c(=O)[nH]c2c1. The Labute approximate surface area is 193 Å². The van der Waals surface area contributed by atoms with E-state index in [1.807, 2.05) is 72.6 Å². The maximum Gasteiger partial charge on any atom is 0.253 e. The highest BCUT2D eigenvalue weighted by molar-refractivity contribution is 7.80. The Bertz CT molecular complexity index is 1270. The first-order valence-corrected chi connectivity index (χ1v) is 11.0. The fourth-order valence-corrected chi connectivity index (χ4v) is 4.00. The van der Waals surface area contributed by atoms with Crippen LogP contribution in [0.4, 0.5) is 0 Å². The van der Waals surface area contributed by atoms with Crippen molar-refractivity contribution in [2.45, 2.75) is 33.0 Å². The van der Waals surface area contributed by atoms with Gasteiger partial charge in [0, 0.05) is 30.0 Å². The number of aromatic nitrogens is 2. The number of benzene rings is 2. The molecular formula is C26H26N4OS. The molecule has 0 aliphatic rings. The van der Waals surface area contributed by atoms with Gasteiger partial charge in [-0.3, -0.25) is 9.78 Å². The summed E-state index contributed by atoms with van der Waals surface area (Å²) in [5.74, 6) is 0. The molecule has 0 aliphatic carbocycles. The molecule has 0 spiro atoms. The summed E-state index contributed by atoms with van der Waals surface area (Å²) in [5, 5.41) is 5.02. The van der Waals surface area contributed by atoms with Crippen LogP contribution >= 0.6 is 12.2 Å². The number of hydrogen-bond acceptors (Lipinski definition) is 3. The van der Waals surface area contributed by atoms with Crippen molar-refractivity contribution in [3.63, 3.8) is 0 Å². The van der Waals surface area contributed by atoms with Crippen LogP contribution in [0.3, 0.4) is 0 Å². The van der Waals surface area contributed by atoms with E-state index in [2.05, 4.69) is 34.3 Å². The van der Waals surface area contributed by atoms with E-state index in [0.717, 1.165) is 27.6 Å². The zero-order chi connectivity index (χ0) is 22.5. The molecule has 2 aromatic heterocycles. The second-order valence-electron chi connectivity index (χ2n) is 8.01.